The molecule has 1 atom stereocenters. The number of hydrogen-bond acceptors (Lipinski definition) is 3. The summed E-state index contributed by atoms with van der Waals surface area (Å²) in [5.41, 5.74) is 2.08. The highest BCUT2D eigenvalue weighted by Crippen LogP contribution is 2.24. The van der Waals surface area contributed by atoms with Crippen molar-refractivity contribution in [1.29, 1.82) is 0 Å². The molecular weight excluding hydrogens is 312 g/mol. The van der Waals surface area contributed by atoms with Gasteiger partial charge in [0.05, 0.1) is 18.0 Å². The minimum Gasteiger partial charge on any atom is -0.346 e. The van der Waals surface area contributed by atoms with Gasteiger partial charge in [0, 0.05) is 5.57 Å². The average molecular weight is 336 g/mol. The van der Waals surface area contributed by atoms with Crippen LogP contribution in [0.5, 0.6) is 0 Å². The lowest BCUT2D eigenvalue weighted by molar-refractivity contribution is -0.118. The van der Waals surface area contributed by atoms with Gasteiger partial charge in [-0.05, 0) is 44.2 Å². The quantitative estimate of drug-likeness (QED) is 0.867. The number of hydrogen-bond donors (Lipinski definition) is 2. The van der Waals surface area contributed by atoms with E-state index in [0.717, 1.165) is 49.5 Å². The first-order valence-electron chi connectivity index (χ1n) is 7.93. The van der Waals surface area contributed by atoms with Gasteiger partial charge < -0.3 is 5.32 Å². The van der Waals surface area contributed by atoms with Gasteiger partial charge >= 0.3 is 0 Å². The molecule has 1 aromatic rings. The van der Waals surface area contributed by atoms with Crippen LogP contribution in [0.2, 0.25) is 0 Å². The van der Waals surface area contributed by atoms with Gasteiger partial charge in [-0.25, -0.2) is 8.42 Å². The lowest BCUT2D eigenvalue weighted by Gasteiger charge is -2.19. The highest BCUT2D eigenvalue weighted by molar-refractivity contribution is 7.92. The van der Waals surface area contributed by atoms with E-state index in [1.165, 1.54) is 0 Å². The Hall–Kier alpha value is -1.82. The first-order chi connectivity index (χ1) is 10.9. The molecule has 1 amide bonds. The monoisotopic (exact) mass is 336 g/mol. The maximum absolute atomic E-state index is 12.4. The molecule has 23 heavy (non-hydrogen) atoms. The Bertz CT molecular complexity index is 696. The zero-order chi connectivity index (χ0) is 16.9. The summed E-state index contributed by atoms with van der Waals surface area (Å²) in [6, 6.07) is 6.83. The van der Waals surface area contributed by atoms with Crippen LogP contribution in [0.1, 0.15) is 50.6 Å². The fourth-order valence-electron chi connectivity index (χ4n) is 2.76. The number of carbonyl (C=O) groups is 1. The van der Waals surface area contributed by atoms with Gasteiger partial charge in [-0.3, -0.25) is 9.52 Å². The lowest BCUT2D eigenvalue weighted by atomic mass is 10.0. The third-order valence-corrected chi connectivity index (χ3v) is 4.49. The summed E-state index contributed by atoms with van der Waals surface area (Å²) >= 11 is 0. The third-order valence-electron chi connectivity index (χ3n) is 3.90. The SMILES string of the molecule is C[C@H](NC(=O)C1=CCCCCC1)c1ccccc1NS(C)(=O)=O. The molecule has 6 heteroatoms. The van der Waals surface area contributed by atoms with E-state index in [-0.39, 0.29) is 11.9 Å². The van der Waals surface area contributed by atoms with Crippen molar-refractivity contribution in [2.45, 2.75) is 45.1 Å². The van der Waals surface area contributed by atoms with Crippen molar-refractivity contribution >= 4 is 21.6 Å². The highest BCUT2D eigenvalue weighted by Gasteiger charge is 2.17. The lowest BCUT2D eigenvalue weighted by Crippen LogP contribution is -2.28. The zero-order valence-electron chi connectivity index (χ0n) is 13.6. The van der Waals surface area contributed by atoms with Crippen molar-refractivity contribution in [3.05, 3.63) is 41.5 Å². The van der Waals surface area contributed by atoms with E-state index in [0.29, 0.717) is 5.69 Å². The Morgan fingerprint density at radius 1 is 1.17 bits per heavy atom. The van der Waals surface area contributed by atoms with Crippen LogP contribution in [0.15, 0.2) is 35.9 Å². The Labute approximate surface area is 138 Å². The number of benzene rings is 1. The average Bonchev–Trinajstić information content (AvgIpc) is 2.75. The predicted molar refractivity (Wildman–Crippen MR) is 92.6 cm³/mol. The second-order valence-electron chi connectivity index (χ2n) is 5.99. The summed E-state index contributed by atoms with van der Waals surface area (Å²) in [7, 11) is -3.36. The van der Waals surface area contributed by atoms with Crippen LogP contribution in [0.3, 0.4) is 0 Å². The summed E-state index contributed by atoms with van der Waals surface area (Å²) in [6.07, 6.45) is 8.22. The van der Waals surface area contributed by atoms with E-state index in [4.69, 9.17) is 0 Å². The Kier molecular flexibility index (Phi) is 5.82. The van der Waals surface area contributed by atoms with Crippen LogP contribution in [0.25, 0.3) is 0 Å². The molecule has 1 aromatic carbocycles. The molecule has 2 rings (SSSR count). The van der Waals surface area contributed by atoms with Crippen LogP contribution >= 0.6 is 0 Å². The fraction of sp³-hybridized carbons (Fsp3) is 0.471. The predicted octanol–water partition coefficient (Wildman–Crippen LogP) is 3.13. The highest BCUT2D eigenvalue weighted by atomic mass is 32.2. The third kappa shape index (κ3) is 5.39. The van der Waals surface area contributed by atoms with E-state index < -0.39 is 10.0 Å². The molecule has 0 aromatic heterocycles. The molecule has 1 aliphatic carbocycles. The molecule has 126 valence electrons. The van der Waals surface area contributed by atoms with Gasteiger partial charge in [0.2, 0.25) is 15.9 Å². The number of nitrogens with one attached hydrogen (secondary N) is 2. The molecule has 0 saturated heterocycles. The molecule has 0 spiro atoms. The summed E-state index contributed by atoms with van der Waals surface area (Å²) in [4.78, 5) is 12.4. The zero-order valence-corrected chi connectivity index (χ0v) is 14.4. The fourth-order valence-corrected chi connectivity index (χ4v) is 3.34. The van der Waals surface area contributed by atoms with Crippen LogP contribution in [-0.4, -0.2) is 20.6 Å². The molecule has 0 unspecified atom stereocenters. The van der Waals surface area contributed by atoms with Gasteiger partial charge in [0.25, 0.3) is 0 Å². The Morgan fingerprint density at radius 2 is 1.91 bits per heavy atom. The summed E-state index contributed by atoms with van der Waals surface area (Å²) in [6.45, 7) is 1.86. The van der Waals surface area contributed by atoms with Crippen molar-refractivity contribution in [1.82, 2.24) is 5.32 Å². The second-order valence-corrected chi connectivity index (χ2v) is 7.73. The van der Waals surface area contributed by atoms with E-state index >= 15 is 0 Å². The van der Waals surface area contributed by atoms with E-state index in [2.05, 4.69) is 10.0 Å². The number of para-hydroxylation sites is 1. The maximum atomic E-state index is 12.4. The van der Waals surface area contributed by atoms with Gasteiger partial charge in [-0.1, -0.05) is 30.7 Å². The van der Waals surface area contributed by atoms with E-state index in [1.54, 1.807) is 12.1 Å². The van der Waals surface area contributed by atoms with Crippen molar-refractivity contribution in [3.8, 4) is 0 Å². The van der Waals surface area contributed by atoms with Crippen molar-refractivity contribution in [3.63, 3.8) is 0 Å². The first-order valence-corrected chi connectivity index (χ1v) is 9.82. The second kappa shape index (κ2) is 7.64. The largest absolute Gasteiger partial charge is 0.346 e. The number of anilines is 1. The molecule has 5 nitrogen and oxygen atoms in total. The van der Waals surface area contributed by atoms with Crippen molar-refractivity contribution < 1.29 is 13.2 Å². The molecule has 0 radical (unpaired) electrons. The van der Waals surface area contributed by atoms with Crippen LogP contribution in [0, 0.1) is 0 Å². The number of carbonyl (C=O) groups excluding carboxylic acids is 1. The van der Waals surface area contributed by atoms with Crippen LogP contribution in [0.4, 0.5) is 5.69 Å². The summed E-state index contributed by atoms with van der Waals surface area (Å²) in [5.74, 6) is -0.0615. The summed E-state index contributed by atoms with van der Waals surface area (Å²) in [5, 5.41) is 2.98. The van der Waals surface area contributed by atoms with Crippen LogP contribution in [-0.2, 0) is 14.8 Å². The van der Waals surface area contributed by atoms with Gasteiger partial charge in [0.1, 0.15) is 0 Å². The molecule has 0 bridgehead atoms. The molecular formula is C17H24N2O3S. The topological polar surface area (TPSA) is 75.3 Å². The Balaban J connectivity index is 2.12. The number of sulfonamides is 1. The molecule has 0 heterocycles. The Morgan fingerprint density at radius 3 is 2.65 bits per heavy atom. The molecule has 2 N–H and O–H groups in total. The first kappa shape index (κ1) is 17.5. The number of amides is 1. The van der Waals surface area contributed by atoms with E-state index in [9.17, 15) is 13.2 Å². The van der Waals surface area contributed by atoms with E-state index in [1.807, 2.05) is 25.1 Å². The van der Waals surface area contributed by atoms with Gasteiger partial charge in [-0.2, -0.15) is 0 Å². The smallest absolute Gasteiger partial charge is 0.247 e. The standard InChI is InChI=1S/C17H24N2O3S/c1-13(18-17(20)14-9-5-3-4-6-10-14)15-11-7-8-12-16(15)19-23(2,21)22/h7-9,11-13,19H,3-6,10H2,1-2H3,(H,18,20)/t13-/m0/s1. The number of allylic oxidation sites excluding steroid dienone is 1. The van der Waals surface area contributed by atoms with Gasteiger partial charge in [0.15, 0.2) is 0 Å². The van der Waals surface area contributed by atoms with Crippen molar-refractivity contribution in [2.75, 3.05) is 11.0 Å². The molecule has 0 fully saturated rings. The summed E-state index contributed by atoms with van der Waals surface area (Å²) < 4.78 is 25.5. The van der Waals surface area contributed by atoms with Crippen molar-refractivity contribution in [2.24, 2.45) is 0 Å². The molecule has 1 aliphatic rings. The minimum absolute atomic E-state index is 0.0615. The normalized spacial score (nSPS) is 16.9. The molecule has 0 aliphatic heterocycles. The van der Waals surface area contributed by atoms with Gasteiger partial charge in [-0.15, -0.1) is 0 Å². The minimum atomic E-state index is -3.36. The van der Waals surface area contributed by atoms with Crippen LogP contribution < -0.4 is 10.0 Å². The number of rotatable bonds is 5. The molecule has 0 saturated carbocycles. The maximum Gasteiger partial charge on any atom is 0.247 e.